The van der Waals surface area contributed by atoms with E-state index in [9.17, 15) is 13.0 Å². The van der Waals surface area contributed by atoms with Crippen molar-refractivity contribution in [2.75, 3.05) is 5.75 Å². The number of hydrogen-bond donors (Lipinski definition) is 0. The van der Waals surface area contributed by atoms with E-state index in [0.717, 1.165) is 4.90 Å². The predicted octanol–water partition coefficient (Wildman–Crippen LogP) is 1.53. The monoisotopic (exact) mass is 230 g/mol. The molecule has 0 aliphatic rings. The predicted molar refractivity (Wildman–Crippen MR) is 56.7 cm³/mol. The summed E-state index contributed by atoms with van der Waals surface area (Å²) >= 11 is -1.41. The van der Waals surface area contributed by atoms with Crippen LogP contribution in [0.15, 0.2) is 47.9 Å². The fraction of sp³-hybridized carbons (Fsp3) is 0.111. The summed E-state index contributed by atoms with van der Waals surface area (Å²) in [5.41, 5.74) is 0. The third-order valence-corrected chi connectivity index (χ3v) is 2.07. The molecule has 14 heavy (non-hydrogen) atoms. The molecular weight excluding hydrogens is 220 g/mol. The Morgan fingerprint density at radius 3 is 2.21 bits per heavy atom. The Kier molecular flexibility index (Phi) is 8.11. The van der Waals surface area contributed by atoms with E-state index in [1.165, 1.54) is 6.08 Å². The van der Waals surface area contributed by atoms with E-state index in [2.05, 4.69) is 6.58 Å². The van der Waals surface area contributed by atoms with Crippen LogP contribution in [0.2, 0.25) is 0 Å². The molecule has 0 aromatic heterocycles. The lowest BCUT2D eigenvalue weighted by Gasteiger charge is -1.94. The van der Waals surface area contributed by atoms with Gasteiger partial charge in [0.05, 0.1) is 0 Å². The molecule has 0 fully saturated rings. The summed E-state index contributed by atoms with van der Waals surface area (Å²) in [7, 11) is 0. The molecule has 0 aliphatic carbocycles. The molecule has 1 unspecified atom stereocenters. The summed E-state index contributed by atoms with van der Waals surface area (Å²) in [6, 6.07) is 9.16. The van der Waals surface area contributed by atoms with Crippen LogP contribution in [0.4, 0.5) is 0 Å². The molecule has 0 spiro atoms. The van der Waals surface area contributed by atoms with Crippen molar-refractivity contribution in [1.82, 2.24) is 0 Å². The van der Waals surface area contributed by atoms with Crippen molar-refractivity contribution in [3.05, 3.63) is 43.0 Å². The lowest BCUT2D eigenvalue weighted by molar-refractivity contribution is 0.540. The summed E-state index contributed by atoms with van der Waals surface area (Å²) in [6.07, 6.45) is 1.34. The first kappa shape index (κ1) is 13.1. The van der Waals surface area contributed by atoms with Crippen LogP contribution in [0.5, 0.6) is 0 Å². The van der Waals surface area contributed by atoms with Crippen LogP contribution < -0.4 is 0 Å². The van der Waals surface area contributed by atoms with Gasteiger partial charge in [0.2, 0.25) is 0 Å². The van der Waals surface area contributed by atoms with Crippen LogP contribution in [0.1, 0.15) is 0 Å². The standard InChI is InChI=1S/C6H5OS.C3H6O2S/c7-8-6-4-2-1-3-5-6;1-2-3-6(4)5/h1-5H;2H,1,3H2,(H,4,5)/q+1;/p-1. The summed E-state index contributed by atoms with van der Waals surface area (Å²) in [5.74, 6) is 0.0556. The van der Waals surface area contributed by atoms with Crippen LogP contribution in [-0.2, 0) is 27.0 Å². The van der Waals surface area contributed by atoms with Crippen molar-refractivity contribution in [1.29, 1.82) is 0 Å². The Bertz CT molecular complexity index is 298. The van der Waals surface area contributed by atoms with Crippen molar-refractivity contribution in [3.63, 3.8) is 0 Å². The number of benzene rings is 1. The Morgan fingerprint density at radius 2 is 2.00 bits per heavy atom. The fourth-order valence-electron chi connectivity index (χ4n) is 0.572. The Morgan fingerprint density at radius 1 is 1.43 bits per heavy atom. The van der Waals surface area contributed by atoms with Gasteiger partial charge in [-0.05, 0) is 0 Å². The molecule has 76 valence electrons. The Hall–Kier alpha value is -0.910. The minimum atomic E-state index is -1.93. The first-order valence-corrected chi connectivity index (χ1v) is 5.71. The minimum Gasteiger partial charge on any atom is -0.772 e. The summed E-state index contributed by atoms with van der Waals surface area (Å²) in [5, 5.41) is 0. The van der Waals surface area contributed by atoms with E-state index in [4.69, 9.17) is 0 Å². The molecule has 0 amide bonds. The molecular formula is C9H10O3S2. The lowest BCUT2D eigenvalue weighted by atomic mass is 10.4. The fourth-order valence-corrected chi connectivity index (χ4v) is 1.03. The van der Waals surface area contributed by atoms with Crippen molar-refractivity contribution in [2.24, 2.45) is 0 Å². The number of rotatable bonds is 3. The highest BCUT2D eigenvalue weighted by Gasteiger charge is 1.99. The first-order valence-electron chi connectivity index (χ1n) is 3.72. The van der Waals surface area contributed by atoms with Gasteiger partial charge < -0.3 is 4.55 Å². The zero-order valence-electron chi connectivity index (χ0n) is 7.42. The average Bonchev–Trinajstić information content (AvgIpc) is 2.20. The zero-order chi connectivity index (χ0) is 10.8. The van der Waals surface area contributed by atoms with Crippen molar-refractivity contribution in [2.45, 2.75) is 4.90 Å². The second-order valence-corrected chi connectivity index (χ2v) is 3.73. The summed E-state index contributed by atoms with van der Waals surface area (Å²) < 4.78 is 29.1. The molecule has 1 rings (SSSR count). The maximum atomic E-state index is 10.0. The summed E-state index contributed by atoms with van der Waals surface area (Å²) in [6.45, 7) is 3.21. The van der Waals surface area contributed by atoms with Crippen molar-refractivity contribution in [3.8, 4) is 0 Å². The quantitative estimate of drug-likeness (QED) is 0.449. The average molecular weight is 230 g/mol. The first-order chi connectivity index (χ1) is 6.70. The van der Waals surface area contributed by atoms with Crippen LogP contribution in [-0.4, -0.2) is 14.5 Å². The topological polar surface area (TPSA) is 57.2 Å². The summed E-state index contributed by atoms with van der Waals surface area (Å²) in [4.78, 5) is 0.771. The van der Waals surface area contributed by atoms with Gasteiger partial charge in [0, 0.05) is 22.1 Å². The molecule has 0 saturated heterocycles. The maximum absolute atomic E-state index is 10.0. The highest BCUT2D eigenvalue weighted by atomic mass is 32.2. The molecule has 0 saturated carbocycles. The minimum absolute atomic E-state index is 0.0556. The van der Waals surface area contributed by atoms with Crippen molar-refractivity contribution < 1.29 is 13.0 Å². The van der Waals surface area contributed by atoms with Gasteiger partial charge in [-0.15, -0.1) is 6.58 Å². The van der Waals surface area contributed by atoms with E-state index in [-0.39, 0.29) is 5.75 Å². The number of hydrogen-bond acceptors (Lipinski definition) is 3. The van der Waals surface area contributed by atoms with Crippen molar-refractivity contribution >= 4 is 22.7 Å². The van der Waals surface area contributed by atoms with E-state index in [1.54, 1.807) is 12.1 Å². The van der Waals surface area contributed by atoms with E-state index < -0.39 is 11.1 Å². The largest absolute Gasteiger partial charge is 0.772 e. The van der Waals surface area contributed by atoms with Gasteiger partial charge in [-0.3, -0.25) is 4.21 Å². The molecule has 1 aromatic rings. The van der Waals surface area contributed by atoms with Gasteiger partial charge in [-0.2, -0.15) is 0 Å². The normalized spacial score (nSPS) is 10.6. The highest BCUT2D eigenvalue weighted by molar-refractivity contribution is 7.79. The molecule has 0 aliphatic heterocycles. The smallest absolute Gasteiger partial charge is 0.505 e. The SMILES string of the molecule is C=CCS(=O)[O-].O=[S+]c1ccccc1. The van der Waals surface area contributed by atoms with E-state index >= 15 is 0 Å². The third-order valence-electron chi connectivity index (χ3n) is 1.09. The Labute approximate surface area is 89.6 Å². The zero-order valence-corrected chi connectivity index (χ0v) is 9.05. The second kappa shape index (κ2) is 8.68. The molecule has 0 heterocycles. The molecule has 0 N–H and O–H groups in total. The van der Waals surface area contributed by atoms with E-state index in [0.29, 0.717) is 11.7 Å². The van der Waals surface area contributed by atoms with Crippen LogP contribution >= 0.6 is 0 Å². The third kappa shape index (κ3) is 7.72. The van der Waals surface area contributed by atoms with Gasteiger partial charge in [-0.25, -0.2) is 0 Å². The maximum Gasteiger partial charge on any atom is 0.505 e. The highest BCUT2D eigenvalue weighted by Crippen LogP contribution is 1.95. The van der Waals surface area contributed by atoms with Gasteiger partial charge in [-0.1, -0.05) is 35.4 Å². The molecule has 3 nitrogen and oxygen atoms in total. The molecule has 1 aromatic carbocycles. The van der Waals surface area contributed by atoms with E-state index in [1.807, 2.05) is 18.2 Å². The molecule has 0 bridgehead atoms. The molecule has 1 atom stereocenters. The van der Waals surface area contributed by atoms with Gasteiger partial charge in [0.25, 0.3) is 4.90 Å². The molecule has 0 radical (unpaired) electrons. The van der Waals surface area contributed by atoms with Gasteiger partial charge >= 0.3 is 11.7 Å². The van der Waals surface area contributed by atoms with Crippen LogP contribution in [0.25, 0.3) is 0 Å². The second-order valence-electron chi connectivity index (χ2n) is 2.16. The van der Waals surface area contributed by atoms with Crippen LogP contribution in [0, 0.1) is 0 Å². The lowest BCUT2D eigenvalue weighted by Crippen LogP contribution is -1.87. The van der Waals surface area contributed by atoms with Gasteiger partial charge in [0.15, 0.2) is 0 Å². The van der Waals surface area contributed by atoms with Crippen LogP contribution in [0.3, 0.4) is 0 Å². The molecule has 5 heteroatoms. The van der Waals surface area contributed by atoms with Gasteiger partial charge in [0.1, 0.15) is 0 Å². The Balaban J connectivity index is 0.000000255.